The number of hydrogen-bond acceptors (Lipinski definition) is 3. The third kappa shape index (κ3) is 5.45. The molecule has 0 aliphatic heterocycles. The van der Waals surface area contributed by atoms with Crippen molar-refractivity contribution in [3.05, 3.63) is 29.8 Å². The van der Waals surface area contributed by atoms with E-state index >= 15 is 0 Å². The topological polar surface area (TPSA) is 35.5 Å². The lowest BCUT2D eigenvalue weighted by Gasteiger charge is -2.11. The number of carbonyl (C=O) groups is 1. The Morgan fingerprint density at radius 2 is 2.06 bits per heavy atom. The van der Waals surface area contributed by atoms with Crippen LogP contribution in [0.4, 0.5) is 4.79 Å². The first-order valence-electron chi connectivity index (χ1n) is 4.35. The van der Waals surface area contributed by atoms with Crippen molar-refractivity contribution in [1.82, 2.24) is 0 Å². The minimum absolute atomic E-state index is 0.359. The first-order chi connectivity index (χ1) is 7.37. The van der Waals surface area contributed by atoms with Gasteiger partial charge in [0.05, 0.1) is 0 Å². The smallest absolute Gasteiger partial charge is 0.429 e. The molecule has 0 aliphatic rings. The minimum atomic E-state index is -1.63. The lowest BCUT2D eigenvalue weighted by molar-refractivity contribution is 0.101. The van der Waals surface area contributed by atoms with Crippen molar-refractivity contribution in [2.24, 2.45) is 0 Å². The molecule has 1 aromatic rings. The van der Waals surface area contributed by atoms with Crippen LogP contribution in [0.2, 0.25) is 0 Å². The number of carbonyl (C=O) groups excluding carboxylic acids is 1. The van der Waals surface area contributed by atoms with Gasteiger partial charge in [-0.2, -0.15) is 0 Å². The molecule has 16 heavy (non-hydrogen) atoms. The number of benzene rings is 1. The molecule has 0 saturated heterocycles. The molecule has 0 amide bonds. The maximum Gasteiger partial charge on any atom is 0.513 e. The van der Waals surface area contributed by atoms with Gasteiger partial charge in [-0.3, -0.25) is 0 Å². The summed E-state index contributed by atoms with van der Waals surface area (Å²) in [4.78, 5) is 11.2. The average molecular weight is 284 g/mol. The molecule has 1 rings (SSSR count). The van der Waals surface area contributed by atoms with Crippen LogP contribution >= 0.6 is 34.8 Å². The molecule has 6 heteroatoms. The molecule has 3 nitrogen and oxygen atoms in total. The van der Waals surface area contributed by atoms with Crippen LogP contribution in [0.3, 0.4) is 0 Å². The number of halogens is 3. The van der Waals surface area contributed by atoms with Crippen LogP contribution in [0.5, 0.6) is 5.75 Å². The Balaban J connectivity index is 2.46. The monoisotopic (exact) mass is 282 g/mol. The molecule has 0 fully saturated rings. The fourth-order valence-electron chi connectivity index (χ4n) is 0.945. The van der Waals surface area contributed by atoms with E-state index in [1.807, 2.05) is 13.0 Å². The molecule has 0 N–H and O–H groups in total. The highest BCUT2D eigenvalue weighted by Gasteiger charge is 2.22. The van der Waals surface area contributed by atoms with Gasteiger partial charge < -0.3 is 9.47 Å². The Hall–Kier alpha value is -0.640. The van der Waals surface area contributed by atoms with E-state index in [2.05, 4.69) is 4.74 Å². The van der Waals surface area contributed by atoms with Crippen molar-refractivity contribution >= 4 is 41.0 Å². The van der Waals surface area contributed by atoms with E-state index in [-0.39, 0.29) is 6.61 Å². The van der Waals surface area contributed by atoms with Gasteiger partial charge in [0.1, 0.15) is 12.4 Å². The van der Waals surface area contributed by atoms with Crippen molar-refractivity contribution in [2.75, 3.05) is 6.61 Å². The summed E-state index contributed by atoms with van der Waals surface area (Å²) >= 11 is 16.2. The molecule has 0 saturated carbocycles. The lowest BCUT2D eigenvalue weighted by Crippen LogP contribution is -2.19. The van der Waals surface area contributed by atoms with Crippen LogP contribution in [-0.4, -0.2) is 16.6 Å². The van der Waals surface area contributed by atoms with Gasteiger partial charge in [0, 0.05) is 0 Å². The van der Waals surface area contributed by atoms with E-state index in [0.29, 0.717) is 5.75 Å². The summed E-state index contributed by atoms with van der Waals surface area (Å²) in [5.41, 5.74) is 0.965. The number of aryl methyl sites for hydroxylation is 1. The Kier molecular flexibility index (Phi) is 4.71. The highest BCUT2D eigenvalue weighted by Crippen LogP contribution is 2.26. The van der Waals surface area contributed by atoms with E-state index in [0.717, 1.165) is 5.56 Å². The van der Waals surface area contributed by atoms with Crippen molar-refractivity contribution in [1.29, 1.82) is 0 Å². The number of alkyl halides is 3. The van der Waals surface area contributed by atoms with Crippen LogP contribution in [-0.2, 0) is 4.74 Å². The number of hydrogen-bond donors (Lipinski definition) is 0. The van der Waals surface area contributed by atoms with Crippen LogP contribution in [0.25, 0.3) is 0 Å². The Bertz CT molecular complexity index is 374. The maximum absolute atomic E-state index is 11.2. The molecular weight excluding hydrogens is 274 g/mol. The summed E-state index contributed by atoms with van der Waals surface area (Å²) in [6, 6.07) is 6.95. The Labute approximate surface area is 108 Å². The quantitative estimate of drug-likeness (QED) is 0.469. The standard InChI is InChI=1S/C10H9Cl3O3/c1-7-3-2-4-8(5-7)16-9(14)15-6-10(11,12)13/h2-5H,6H2,1H3. The van der Waals surface area contributed by atoms with Crippen molar-refractivity contribution in [3.63, 3.8) is 0 Å². The predicted octanol–water partition coefficient (Wildman–Crippen LogP) is 3.88. The van der Waals surface area contributed by atoms with E-state index < -0.39 is 9.95 Å². The first kappa shape index (κ1) is 13.4. The number of ether oxygens (including phenoxy) is 2. The SMILES string of the molecule is Cc1cccc(OC(=O)OCC(Cl)(Cl)Cl)c1. The second kappa shape index (κ2) is 5.62. The van der Waals surface area contributed by atoms with Crippen LogP contribution in [0.1, 0.15) is 5.56 Å². The molecule has 1 aromatic carbocycles. The van der Waals surface area contributed by atoms with E-state index in [1.165, 1.54) is 0 Å². The van der Waals surface area contributed by atoms with Gasteiger partial charge in [-0.25, -0.2) is 4.79 Å². The molecule has 0 atom stereocenters. The van der Waals surface area contributed by atoms with Gasteiger partial charge in [0.15, 0.2) is 0 Å². The maximum atomic E-state index is 11.2. The van der Waals surface area contributed by atoms with Crippen molar-refractivity contribution < 1.29 is 14.3 Å². The van der Waals surface area contributed by atoms with Gasteiger partial charge >= 0.3 is 6.16 Å². The molecule has 0 unspecified atom stereocenters. The van der Waals surface area contributed by atoms with Gasteiger partial charge in [0.25, 0.3) is 0 Å². The summed E-state index contributed by atoms with van der Waals surface area (Å²) in [6.07, 6.45) is -0.906. The third-order valence-electron chi connectivity index (χ3n) is 1.54. The summed E-state index contributed by atoms with van der Waals surface area (Å²) in [6.45, 7) is 1.52. The van der Waals surface area contributed by atoms with Crippen LogP contribution < -0.4 is 4.74 Å². The molecule has 0 aliphatic carbocycles. The lowest BCUT2D eigenvalue weighted by atomic mass is 10.2. The second-order valence-electron chi connectivity index (χ2n) is 3.07. The van der Waals surface area contributed by atoms with Gasteiger partial charge in [0.2, 0.25) is 3.79 Å². The largest absolute Gasteiger partial charge is 0.513 e. The van der Waals surface area contributed by atoms with E-state index in [9.17, 15) is 4.79 Å². The van der Waals surface area contributed by atoms with Gasteiger partial charge in [-0.15, -0.1) is 0 Å². The molecule has 0 radical (unpaired) electrons. The zero-order valence-electron chi connectivity index (χ0n) is 8.38. The molecule has 0 heterocycles. The Morgan fingerprint density at radius 1 is 1.38 bits per heavy atom. The summed E-state index contributed by atoms with van der Waals surface area (Å²) in [5, 5.41) is 0. The highest BCUT2D eigenvalue weighted by molar-refractivity contribution is 6.67. The van der Waals surface area contributed by atoms with E-state index in [4.69, 9.17) is 39.5 Å². The fraction of sp³-hybridized carbons (Fsp3) is 0.300. The zero-order valence-corrected chi connectivity index (χ0v) is 10.6. The molecule has 0 bridgehead atoms. The molecular formula is C10H9Cl3O3. The average Bonchev–Trinajstić information content (AvgIpc) is 2.14. The summed E-state index contributed by atoms with van der Waals surface area (Å²) in [7, 11) is 0. The fourth-order valence-corrected chi connectivity index (χ4v) is 1.11. The van der Waals surface area contributed by atoms with Crippen molar-refractivity contribution in [3.8, 4) is 5.75 Å². The molecule has 0 aromatic heterocycles. The van der Waals surface area contributed by atoms with Gasteiger partial charge in [-0.05, 0) is 24.6 Å². The van der Waals surface area contributed by atoms with Crippen LogP contribution in [0, 0.1) is 6.92 Å². The second-order valence-corrected chi connectivity index (χ2v) is 5.59. The zero-order chi connectivity index (χ0) is 12.2. The summed E-state index contributed by atoms with van der Waals surface area (Å²) in [5.74, 6) is 0.384. The highest BCUT2D eigenvalue weighted by atomic mass is 35.6. The van der Waals surface area contributed by atoms with Crippen LogP contribution in [0.15, 0.2) is 24.3 Å². The number of rotatable bonds is 2. The molecule has 0 spiro atoms. The van der Waals surface area contributed by atoms with Gasteiger partial charge in [-0.1, -0.05) is 46.9 Å². The van der Waals surface area contributed by atoms with Crippen molar-refractivity contribution in [2.45, 2.75) is 10.7 Å². The molecule has 88 valence electrons. The third-order valence-corrected chi connectivity index (χ3v) is 1.87. The summed E-state index contributed by atoms with van der Waals surface area (Å²) < 4.78 is 7.81. The van der Waals surface area contributed by atoms with E-state index in [1.54, 1.807) is 18.2 Å². The minimum Gasteiger partial charge on any atom is -0.429 e. The normalized spacial score (nSPS) is 11.0. The first-order valence-corrected chi connectivity index (χ1v) is 5.48. The Morgan fingerprint density at radius 3 is 2.62 bits per heavy atom. The predicted molar refractivity (Wildman–Crippen MR) is 63.4 cm³/mol.